The third-order valence-corrected chi connectivity index (χ3v) is 3.63. The summed E-state index contributed by atoms with van der Waals surface area (Å²) in [5, 5.41) is 19.7. The van der Waals surface area contributed by atoms with Gasteiger partial charge in [0.25, 0.3) is 0 Å². The predicted octanol–water partition coefficient (Wildman–Crippen LogP) is 0.455. The summed E-state index contributed by atoms with van der Waals surface area (Å²) in [5.41, 5.74) is 0. The van der Waals surface area contributed by atoms with Crippen molar-refractivity contribution in [1.82, 2.24) is 0 Å². The molecule has 8 nitrogen and oxygen atoms in total. The molecule has 0 aliphatic heterocycles. The van der Waals surface area contributed by atoms with Crippen molar-refractivity contribution in [3.05, 3.63) is 0 Å². The molecule has 0 radical (unpaired) electrons. The molecule has 0 aromatic carbocycles. The van der Waals surface area contributed by atoms with Crippen LogP contribution in [0.4, 0.5) is 0 Å². The summed E-state index contributed by atoms with van der Waals surface area (Å²) in [4.78, 5) is 41.0. The molecule has 0 spiro atoms. The fourth-order valence-corrected chi connectivity index (χ4v) is 2.03. The van der Waals surface area contributed by atoms with Gasteiger partial charge in [0.1, 0.15) is 11.6 Å². The van der Waals surface area contributed by atoms with Gasteiger partial charge in [-0.1, -0.05) is 27.7 Å². The van der Waals surface area contributed by atoms with Gasteiger partial charge in [-0.3, -0.25) is 9.59 Å². The van der Waals surface area contributed by atoms with Gasteiger partial charge in [0.15, 0.2) is 0 Å². The van der Waals surface area contributed by atoms with Crippen molar-refractivity contribution in [2.75, 3.05) is 13.2 Å². The number of hydrogen-bond donors (Lipinski definition) is 0. The van der Waals surface area contributed by atoms with Crippen LogP contribution in [0.2, 0.25) is 0 Å². The average Bonchev–Trinajstić information content (AvgIpc) is 2.45. The van der Waals surface area contributed by atoms with E-state index in [1.807, 2.05) is 41.5 Å². The normalized spacial score (nSPS) is 9.48. The van der Waals surface area contributed by atoms with E-state index >= 15 is 0 Å². The molecule has 0 rings (SSSR count). The van der Waals surface area contributed by atoms with Crippen LogP contribution in [0.1, 0.15) is 67.2 Å². The number of carboxylic acids is 2. The fraction of sp³-hybridized carbons (Fsp3) is 0.778. The SMILES string of the molecule is CC(C)CC(=O)CC(=O)[O-].CC(C)CC(=O)CC(=O)[O-].CC[O][Ti+2][O]CC. The van der Waals surface area contributed by atoms with Gasteiger partial charge in [-0.25, -0.2) is 0 Å². The molecule has 0 fully saturated rings. The number of carbonyl (C=O) groups is 4. The van der Waals surface area contributed by atoms with Crippen molar-refractivity contribution in [3.63, 3.8) is 0 Å². The standard InChI is InChI=1S/2C7H12O3.2C2H5O.Ti/c2*1-5(2)3-6(8)4-7(9)10;2*1-2-3;/h2*5H,3-4H2,1-2H3,(H,9,10);2*2H2,1H3;/q;;2*-1;+4/p-2. The van der Waals surface area contributed by atoms with Crippen molar-refractivity contribution < 1.29 is 56.0 Å². The Kier molecular flexibility index (Phi) is 24.1. The molecule has 0 aliphatic carbocycles. The van der Waals surface area contributed by atoms with Crippen LogP contribution in [0, 0.1) is 11.8 Å². The van der Waals surface area contributed by atoms with Crippen molar-refractivity contribution in [1.29, 1.82) is 0 Å². The average molecular weight is 424 g/mol. The van der Waals surface area contributed by atoms with Crippen LogP contribution in [-0.4, -0.2) is 36.7 Å². The first-order chi connectivity index (χ1) is 12.5. The van der Waals surface area contributed by atoms with E-state index < -0.39 is 44.7 Å². The van der Waals surface area contributed by atoms with E-state index in [2.05, 4.69) is 0 Å². The third-order valence-electron chi connectivity index (χ3n) is 2.36. The number of rotatable bonds is 12. The van der Waals surface area contributed by atoms with Crippen LogP contribution >= 0.6 is 0 Å². The molecule has 0 saturated heterocycles. The quantitative estimate of drug-likeness (QED) is 0.251. The van der Waals surface area contributed by atoms with Crippen LogP contribution < -0.4 is 10.2 Å². The molecule has 0 heterocycles. The van der Waals surface area contributed by atoms with Crippen LogP contribution in [0.25, 0.3) is 0 Å². The Balaban J connectivity index is -0.000000326. The Bertz CT molecular complexity index is 384. The van der Waals surface area contributed by atoms with Gasteiger partial charge in [-0.15, -0.1) is 0 Å². The Hall–Kier alpha value is -1.09. The van der Waals surface area contributed by atoms with Gasteiger partial charge < -0.3 is 19.8 Å². The van der Waals surface area contributed by atoms with Crippen molar-refractivity contribution in [3.8, 4) is 0 Å². The molecular formula is C18H32O8Ti. The minimum absolute atomic E-state index is 0.229. The van der Waals surface area contributed by atoms with Gasteiger partial charge in [0.05, 0.1) is 0 Å². The van der Waals surface area contributed by atoms with Gasteiger partial charge >= 0.3 is 53.6 Å². The third kappa shape index (κ3) is 36.6. The molecule has 0 aromatic heterocycles. The van der Waals surface area contributed by atoms with E-state index in [1.54, 1.807) is 0 Å². The zero-order chi connectivity index (χ0) is 21.8. The van der Waals surface area contributed by atoms with Crippen molar-refractivity contribution in [2.45, 2.75) is 67.2 Å². The summed E-state index contributed by atoms with van der Waals surface area (Å²) < 4.78 is 9.95. The van der Waals surface area contributed by atoms with E-state index in [1.165, 1.54) is 0 Å². The number of carboxylic acid groups (broad SMARTS) is 2. The molecule has 0 unspecified atom stereocenters. The van der Waals surface area contributed by atoms with E-state index in [0.717, 1.165) is 13.2 Å². The summed E-state index contributed by atoms with van der Waals surface area (Å²) >= 11 is -0.486. The predicted molar refractivity (Wildman–Crippen MR) is 91.4 cm³/mol. The Labute approximate surface area is 171 Å². The molecular weight excluding hydrogens is 392 g/mol. The molecule has 0 N–H and O–H groups in total. The van der Waals surface area contributed by atoms with E-state index in [9.17, 15) is 29.4 Å². The van der Waals surface area contributed by atoms with Gasteiger partial charge in [0, 0.05) is 37.6 Å². The molecule has 156 valence electrons. The van der Waals surface area contributed by atoms with E-state index in [0.29, 0.717) is 12.8 Å². The summed E-state index contributed by atoms with van der Waals surface area (Å²) in [6.07, 6.45) is -0.238. The Morgan fingerprint density at radius 3 is 1.22 bits per heavy atom. The van der Waals surface area contributed by atoms with Gasteiger partial charge in [0.2, 0.25) is 0 Å². The fourth-order valence-electron chi connectivity index (χ4n) is 1.54. The van der Waals surface area contributed by atoms with Crippen LogP contribution in [0.15, 0.2) is 0 Å². The Morgan fingerprint density at radius 2 is 1.04 bits per heavy atom. The van der Waals surface area contributed by atoms with Crippen molar-refractivity contribution >= 4 is 23.5 Å². The summed E-state index contributed by atoms with van der Waals surface area (Å²) in [6, 6.07) is 0. The zero-order valence-electron chi connectivity index (χ0n) is 17.2. The molecule has 0 aromatic rings. The van der Waals surface area contributed by atoms with Crippen molar-refractivity contribution in [2.24, 2.45) is 11.8 Å². The summed E-state index contributed by atoms with van der Waals surface area (Å²) in [7, 11) is 0. The summed E-state index contributed by atoms with van der Waals surface area (Å²) in [6.45, 7) is 13.0. The second kappa shape index (κ2) is 21.2. The number of aliphatic carboxylic acids is 2. The van der Waals surface area contributed by atoms with E-state index in [-0.39, 0.29) is 23.4 Å². The molecule has 0 bridgehead atoms. The molecule has 27 heavy (non-hydrogen) atoms. The summed E-state index contributed by atoms with van der Waals surface area (Å²) in [5.74, 6) is -2.62. The van der Waals surface area contributed by atoms with Crippen LogP contribution in [0.5, 0.6) is 0 Å². The topological polar surface area (TPSA) is 133 Å². The zero-order valence-corrected chi connectivity index (χ0v) is 18.7. The Morgan fingerprint density at radius 1 is 0.741 bits per heavy atom. The first kappa shape index (κ1) is 30.6. The minimum atomic E-state index is -1.29. The molecule has 0 amide bonds. The first-order valence-corrected chi connectivity index (χ1v) is 10.1. The maximum absolute atomic E-state index is 10.6. The molecule has 0 aliphatic rings. The maximum atomic E-state index is 10.6. The number of hydrogen-bond acceptors (Lipinski definition) is 8. The van der Waals surface area contributed by atoms with E-state index in [4.69, 9.17) is 6.64 Å². The second-order valence-electron chi connectivity index (χ2n) is 6.32. The van der Waals surface area contributed by atoms with Gasteiger partial charge in [-0.05, 0) is 11.8 Å². The second-order valence-corrected chi connectivity index (χ2v) is 7.48. The molecule has 0 saturated carbocycles. The number of carbonyl (C=O) groups excluding carboxylic acids is 4. The number of ketones is 2. The number of Topliss-reactive ketones (excluding diaryl/α,β-unsaturated/α-hetero) is 2. The molecule has 0 atom stereocenters. The monoisotopic (exact) mass is 424 g/mol. The van der Waals surface area contributed by atoms with Crippen LogP contribution in [-0.2, 0) is 45.7 Å². The molecule has 9 heteroatoms. The first-order valence-electron chi connectivity index (χ1n) is 8.87. The van der Waals surface area contributed by atoms with Gasteiger partial charge in [-0.2, -0.15) is 0 Å². The van der Waals surface area contributed by atoms with Crippen LogP contribution in [0.3, 0.4) is 0 Å².